The molecule has 0 spiro atoms. The van der Waals surface area contributed by atoms with Gasteiger partial charge >= 0.3 is 5.97 Å². The van der Waals surface area contributed by atoms with Crippen molar-refractivity contribution in [3.8, 4) is 0 Å². The molecule has 0 bridgehead atoms. The van der Waals surface area contributed by atoms with Crippen LogP contribution in [-0.4, -0.2) is 46.4 Å². The molecule has 0 saturated heterocycles. The SMILES string of the molecule is CCN(C(=O)C(NC(C)=O)C(C)C)C(C)CC(=O)O. The van der Waals surface area contributed by atoms with Gasteiger partial charge in [-0.25, -0.2) is 0 Å². The van der Waals surface area contributed by atoms with Crippen LogP contribution in [0.5, 0.6) is 0 Å². The Bertz CT molecular complexity index is 342. The number of aliphatic carboxylic acids is 1. The lowest BCUT2D eigenvalue weighted by Gasteiger charge is -2.32. The third kappa shape index (κ3) is 5.72. The molecular formula is C13H24N2O4. The fraction of sp³-hybridized carbons (Fsp3) is 0.769. The third-order valence-electron chi connectivity index (χ3n) is 2.92. The van der Waals surface area contributed by atoms with E-state index in [1.165, 1.54) is 11.8 Å². The van der Waals surface area contributed by atoms with E-state index in [0.29, 0.717) is 6.54 Å². The molecule has 0 aromatic rings. The van der Waals surface area contributed by atoms with Gasteiger partial charge in [0.15, 0.2) is 0 Å². The van der Waals surface area contributed by atoms with Crippen LogP contribution in [0, 0.1) is 5.92 Å². The molecule has 2 unspecified atom stereocenters. The van der Waals surface area contributed by atoms with Crippen LogP contribution in [0.1, 0.15) is 41.0 Å². The van der Waals surface area contributed by atoms with Crippen LogP contribution in [0.3, 0.4) is 0 Å². The van der Waals surface area contributed by atoms with Gasteiger partial charge in [0.05, 0.1) is 6.42 Å². The van der Waals surface area contributed by atoms with Gasteiger partial charge in [-0.1, -0.05) is 13.8 Å². The van der Waals surface area contributed by atoms with Crippen molar-refractivity contribution in [1.82, 2.24) is 10.2 Å². The Morgan fingerprint density at radius 1 is 1.21 bits per heavy atom. The predicted molar refractivity (Wildman–Crippen MR) is 71.5 cm³/mol. The quantitative estimate of drug-likeness (QED) is 0.719. The highest BCUT2D eigenvalue weighted by Crippen LogP contribution is 2.11. The Morgan fingerprint density at radius 3 is 2.05 bits per heavy atom. The summed E-state index contributed by atoms with van der Waals surface area (Å²) in [6.07, 6.45) is -0.107. The van der Waals surface area contributed by atoms with Crippen LogP contribution in [0.25, 0.3) is 0 Å². The van der Waals surface area contributed by atoms with Crippen LogP contribution < -0.4 is 5.32 Å². The summed E-state index contributed by atoms with van der Waals surface area (Å²) in [4.78, 5) is 35.8. The van der Waals surface area contributed by atoms with Crippen molar-refractivity contribution in [1.29, 1.82) is 0 Å². The first-order valence-corrected chi connectivity index (χ1v) is 6.50. The largest absolute Gasteiger partial charge is 0.481 e. The highest BCUT2D eigenvalue weighted by Gasteiger charge is 2.30. The minimum Gasteiger partial charge on any atom is -0.481 e. The number of nitrogens with zero attached hydrogens (tertiary/aromatic N) is 1. The molecule has 0 fully saturated rings. The van der Waals surface area contributed by atoms with Gasteiger partial charge in [0, 0.05) is 19.5 Å². The van der Waals surface area contributed by atoms with Crippen LogP contribution in [0.2, 0.25) is 0 Å². The molecule has 110 valence electrons. The number of likely N-dealkylation sites (N-methyl/N-ethyl adjacent to an activating group) is 1. The number of carboxylic acids is 1. The van der Waals surface area contributed by atoms with Crippen LogP contribution in [0.15, 0.2) is 0 Å². The Hall–Kier alpha value is -1.59. The zero-order chi connectivity index (χ0) is 15.2. The fourth-order valence-corrected chi connectivity index (χ4v) is 1.96. The second-order valence-corrected chi connectivity index (χ2v) is 4.99. The zero-order valence-corrected chi connectivity index (χ0v) is 12.3. The minimum atomic E-state index is -0.945. The van der Waals surface area contributed by atoms with Crippen molar-refractivity contribution in [2.24, 2.45) is 5.92 Å². The average Bonchev–Trinajstić information content (AvgIpc) is 2.24. The second-order valence-electron chi connectivity index (χ2n) is 4.99. The summed E-state index contributed by atoms with van der Waals surface area (Å²) in [5.74, 6) is -1.50. The lowest BCUT2D eigenvalue weighted by atomic mass is 10.0. The fourth-order valence-electron chi connectivity index (χ4n) is 1.96. The van der Waals surface area contributed by atoms with E-state index in [1.807, 2.05) is 13.8 Å². The summed E-state index contributed by atoms with van der Waals surface area (Å²) in [5, 5.41) is 11.4. The summed E-state index contributed by atoms with van der Waals surface area (Å²) in [6, 6.07) is -1.02. The number of rotatable bonds is 7. The standard InChI is InChI=1S/C13H24N2O4/c1-6-15(9(4)7-11(17)18)13(19)12(8(2)3)14-10(5)16/h8-9,12H,6-7H2,1-5H3,(H,14,16)(H,17,18). The maximum atomic E-state index is 12.4. The van der Waals surface area contributed by atoms with Gasteiger partial charge in [0.1, 0.15) is 6.04 Å². The lowest BCUT2D eigenvalue weighted by Crippen LogP contribution is -2.53. The first-order chi connectivity index (χ1) is 8.70. The number of carboxylic acid groups (broad SMARTS) is 1. The Labute approximate surface area is 114 Å². The molecule has 0 aliphatic carbocycles. The normalized spacial score (nSPS) is 13.8. The highest BCUT2D eigenvalue weighted by molar-refractivity contribution is 5.87. The molecule has 0 aromatic heterocycles. The molecule has 2 atom stereocenters. The van der Waals surface area contributed by atoms with Crippen molar-refractivity contribution in [2.45, 2.75) is 53.1 Å². The van der Waals surface area contributed by atoms with E-state index in [4.69, 9.17) is 5.11 Å². The third-order valence-corrected chi connectivity index (χ3v) is 2.92. The zero-order valence-electron chi connectivity index (χ0n) is 12.3. The first-order valence-electron chi connectivity index (χ1n) is 6.50. The minimum absolute atomic E-state index is 0.0533. The summed E-state index contributed by atoms with van der Waals surface area (Å²) >= 11 is 0. The van der Waals surface area contributed by atoms with E-state index in [0.717, 1.165) is 0 Å². The lowest BCUT2D eigenvalue weighted by molar-refractivity contribution is -0.143. The number of amides is 2. The molecular weight excluding hydrogens is 248 g/mol. The van der Waals surface area contributed by atoms with E-state index in [2.05, 4.69) is 5.32 Å². The summed E-state index contributed by atoms with van der Waals surface area (Å²) in [5.41, 5.74) is 0. The van der Waals surface area contributed by atoms with Crippen molar-refractivity contribution in [2.75, 3.05) is 6.54 Å². The van der Waals surface area contributed by atoms with Crippen molar-refractivity contribution in [3.05, 3.63) is 0 Å². The number of hydrogen-bond acceptors (Lipinski definition) is 3. The maximum absolute atomic E-state index is 12.4. The monoisotopic (exact) mass is 272 g/mol. The molecule has 0 radical (unpaired) electrons. The number of hydrogen-bond donors (Lipinski definition) is 2. The van der Waals surface area contributed by atoms with Gasteiger partial charge < -0.3 is 15.3 Å². The van der Waals surface area contributed by atoms with E-state index < -0.39 is 18.1 Å². The van der Waals surface area contributed by atoms with Gasteiger partial charge in [-0.3, -0.25) is 14.4 Å². The molecule has 2 N–H and O–H groups in total. The molecule has 6 nitrogen and oxygen atoms in total. The van der Waals surface area contributed by atoms with Gasteiger partial charge in [0.25, 0.3) is 0 Å². The van der Waals surface area contributed by atoms with E-state index in [-0.39, 0.29) is 24.2 Å². The Kier molecular flexibility index (Phi) is 7.11. The second kappa shape index (κ2) is 7.76. The van der Waals surface area contributed by atoms with Crippen molar-refractivity contribution in [3.63, 3.8) is 0 Å². The van der Waals surface area contributed by atoms with Crippen molar-refractivity contribution >= 4 is 17.8 Å². The van der Waals surface area contributed by atoms with Gasteiger partial charge in [-0.2, -0.15) is 0 Å². The molecule has 2 amide bonds. The predicted octanol–water partition coefficient (Wildman–Crippen LogP) is 0.859. The summed E-state index contributed by atoms with van der Waals surface area (Å²) in [7, 11) is 0. The smallest absolute Gasteiger partial charge is 0.305 e. The average molecular weight is 272 g/mol. The maximum Gasteiger partial charge on any atom is 0.305 e. The number of nitrogens with one attached hydrogen (secondary N) is 1. The molecule has 0 aliphatic heterocycles. The Balaban J connectivity index is 4.96. The number of carbonyl (C=O) groups is 3. The van der Waals surface area contributed by atoms with Gasteiger partial charge in [-0.15, -0.1) is 0 Å². The molecule has 6 heteroatoms. The number of carbonyl (C=O) groups excluding carboxylic acids is 2. The summed E-state index contributed by atoms with van der Waals surface area (Å²) < 4.78 is 0. The van der Waals surface area contributed by atoms with Crippen LogP contribution in [-0.2, 0) is 14.4 Å². The molecule has 0 aromatic carbocycles. The molecule has 19 heavy (non-hydrogen) atoms. The highest BCUT2D eigenvalue weighted by atomic mass is 16.4. The first kappa shape index (κ1) is 17.4. The molecule has 0 saturated carbocycles. The van der Waals surface area contributed by atoms with Gasteiger partial charge in [0.2, 0.25) is 11.8 Å². The van der Waals surface area contributed by atoms with E-state index in [9.17, 15) is 14.4 Å². The molecule has 0 aliphatic rings. The van der Waals surface area contributed by atoms with E-state index in [1.54, 1.807) is 13.8 Å². The van der Waals surface area contributed by atoms with Crippen LogP contribution >= 0.6 is 0 Å². The molecule has 0 rings (SSSR count). The van der Waals surface area contributed by atoms with E-state index >= 15 is 0 Å². The van der Waals surface area contributed by atoms with Gasteiger partial charge in [-0.05, 0) is 19.8 Å². The van der Waals surface area contributed by atoms with Crippen molar-refractivity contribution < 1.29 is 19.5 Å². The topological polar surface area (TPSA) is 86.7 Å². The Morgan fingerprint density at radius 2 is 1.74 bits per heavy atom. The summed E-state index contributed by atoms with van der Waals surface area (Å²) in [6.45, 7) is 8.94. The molecule has 0 heterocycles. The van der Waals surface area contributed by atoms with Crippen LogP contribution in [0.4, 0.5) is 0 Å².